The first-order valence-electron chi connectivity index (χ1n) is 6.82. The molecule has 4 N–H and O–H groups in total. The molecule has 3 heteroatoms. The van der Waals surface area contributed by atoms with E-state index in [1.807, 2.05) is 0 Å². The van der Waals surface area contributed by atoms with Crippen molar-refractivity contribution in [3.8, 4) is 0 Å². The van der Waals surface area contributed by atoms with Crippen LogP contribution in [0.25, 0.3) is 0 Å². The summed E-state index contributed by atoms with van der Waals surface area (Å²) >= 11 is 0. The lowest BCUT2D eigenvalue weighted by molar-refractivity contribution is 0.114. The maximum Gasteiger partial charge on any atom is 0.0693 e. The third kappa shape index (κ3) is 7.20. The molecule has 0 bridgehead atoms. The molecule has 0 saturated carbocycles. The lowest BCUT2D eigenvalue weighted by atomic mass is 10.0. The summed E-state index contributed by atoms with van der Waals surface area (Å²) in [5, 5.41) is 13.3. The molecule has 0 aromatic carbocycles. The highest BCUT2D eigenvalue weighted by atomic mass is 16.3. The molecule has 3 nitrogen and oxygen atoms in total. The first-order valence-corrected chi connectivity index (χ1v) is 6.82. The van der Waals surface area contributed by atoms with Crippen LogP contribution in [-0.2, 0) is 0 Å². The second kappa shape index (κ2) is 10.1. The van der Waals surface area contributed by atoms with Crippen molar-refractivity contribution >= 4 is 0 Å². The summed E-state index contributed by atoms with van der Waals surface area (Å²) in [5.41, 5.74) is 5.99. The number of hydrogen-bond acceptors (Lipinski definition) is 3. The standard InChI is InChI=1S/C13H30N2O/c1-4-7-9-11(14)10-15-12(6-3)13(16)8-5-2/h11-13,15-16H,4-10,14H2,1-3H3. The van der Waals surface area contributed by atoms with Crippen molar-refractivity contribution in [1.29, 1.82) is 0 Å². The fourth-order valence-electron chi connectivity index (χ4n) is 1.92. The number of hydrogen-bond donors (Lipinski definition) is 3. The van der Waals surface area contributed by atoms with E-state index in [9.17, 15) is 5.11 Å². The van der Waals surface area contributed by atoms with E-state index in [0.717, 1.165) is 32.2 Å². The smallest absolute Gasteiger partial charge is 0.0693 e. The van der Waals surface area contributed by atoms with Crippen LogP contribution >= 0.6 is 0 Å². The highest BCUT2D eigenvalue weighted by Crippen LogP contribution is 2.06. The summed E-state index contributed by atoms with van der Waals surface area (Å²) < 4.78 is 0. The van der Waals surface area contributed by atoms with Crippen molar-refractivity contribution in [2.75, 3.05) is 6.54 Å². The molecule has 0 aliphatic heterocycles. The summed E-state index contributed by atoms with van der Waals surface area (Å²) in [6, 6.07) is 0.426. The Kier molecular flexibility index (Phi) is 9.99. The summed E-state index contributed by atoms with van der Waals surface area (Å²) in [6.45, 7) is 7.20. The van der Waals surface area contributed by atoms with Crippen LogP contribution in [0.5, 0.6) is 0 Å². The van der Waals surface area contributed by atoms with E-state index in [1.165, 1.54) is 12.8 Å². The first-order chi connectivity index (χ1) is 7.65. The molecule has 0 aromatic rings. The minimum absolute atomic E-state index is 0.202. The minimum Gasteiger partial charge on any atom is -0.392 e. The summed E-state index contributed by atoms with van der Waals surface area (Å²) in [5.74, 6) is 0. The van der Waals surface area contributed by atoms with Gasteiger partial charge in [0.15, 0.2) is 0 Å². The molecule has 0 saturated heterocycles. The van der Waals surface area contributed by atoms with Crippen molar-refractivity contribution in [3.63, 3.8) is 0 Å². The maximum atomic E-state index is 9.89. The SMILES string of the molecule is CCCCC(N)CNC(CC)C(O)CCC. The number of aliphatic hydroxyl groups excluding tert-OH is 1. The minimum atomic E-state index is -0.228. The zero-order chi connectivity index (χ0) is 12.4. The van der Waals surface area contributed by atoms with Gasteiger partial charge in [-0.25, -0.2) is 0 Å². The molecule has 3 atom stereocenters. The largest absolute Gasteiger partial charge is 0.392 e. The molecular weight excluding hydrogens is 200 g/mol. The van der Waals surface area contributed by atoms with Crippen molar-refractivity contribution in [3.05, 3.63) is 0 Å². The van der Waals surface area contributed by atoms with Gasteiger partial charge in [0.1, 0.15) is 0 Å². The average Bonchev–Trinajstić information content (AvgIpc) is 2.27. The van der Waals surface area contributed by atoms with Crippen molar-refractivity contribution in [2.45, 2.75) is 77.5 Å². The zero-order valence-corrected chi connectivity index (χ0v) is 11.2. The van der Waals surface area contributed by atoms with Gasteiger partial charge < -0.3 is 16.2 Å². The van der Waals surface area contributed by atoms with E-state index in [4.69, 9.17) is 5.73 Å². The van der Waals surface area contributed by atoms with E-state index in [0.29, 0.717) is 0 Å². The van der Waals surface area contributed by atoms with Gasteiger partial charge in [-0.15, -0.1) is 0 Å². The molecule has 98 valence electrons. The molecule has 0 radical (unpaired) electrons. The number of nitrogens with two attached hydrogens (primary N) is 1. The summed E-state index contributed by atoms with van der Waals surface area (Å²) in [4.78, 5) is 0. The van der Waals surface area contributed by atoms with Crippen LogP contribution < -0.4 is 11.1 Å². The molecule has 3 unspecified atom stereocenters. The first kappa shape index (κ1) is 15.9. The summed E-state index contributed by atoms with van der Waals surface area (Å²) in [7, 11) is 0. The predicted molar refractivity (Wildman–Crippen MR) is 70.5 cm³/mol. The normalized spacial score (nSPS) is 17.1. The van der Waals surface area contributed by atoms with Crippen LogP contribution in [0.1, 0.15) is 59.3 Å². The van der Waals surface area contributed by atoms with Gasteiger partial charge in [-0.1, -0.05) is 40.0 Å². The van der Waals surface area contributed by atoms with Crippen LogP contribution in [0.3, 0.4) is 0 Å². The Morgan fingerprint density at radius 1 is 1.12 bits per heavy atom. The summed E-state index contributed by atoms with van der Waals surface area (Å²) in [6.07, 6.45) is 6.09. The average molecular weight is 230 g/mol. The molecule has 0 aliphatic carbocycles. The van der Waals surface area contributed by atoms with Crippen LogP contribution in [0.2, 0.25) is 0 Å². The fourth-order valence-corrected chi connectivity index (χ4v) is 1.92. The Labute approximate surface area is 101 Å². The van der Waals surface area contributed by atoms with Crippen LogP contribution in [0.4, 0.5) is 0 Å². The van der Waals surface area contributed by atoms with Crippen molar-refractivity contribution in [1.82, 2.24) is 5.32 Å². The molecule has 0 fully saturated rings. The topological polar surface area (TPSA) is 58.3 Å². The number of rotatable bonds is 10. The Morgan fingerprint density at radius 2 is 1.81 bits per heavy atom. The quantitative estimate of drug-likeness (QED) is 0.538. The Hall–Kier alpha value is -0.120. The second-order valence-electron chi connectivity index (χ2n) is 4.68. The lowest BCUT2D eigenvalue weighted by Gasteiger charge is -2.24. The van der Waals surface area contributed by atoms with Gasteiger partial charge in [-0.2, -0.15) is 0 Å². The second-order valence-corrected chi connectivity index (χ2v) is 4.68. The van der Waals surface area contributed by atoms with E-state index in [1.54, 1.807) is 0 Å². The highest BCUT2D eigenvalue weighted by Gasteiger charge is 2.16. The van der Waals surface area contributed by atoms with Gasteiger partial charge in [0.05, 0.1) is 6.10 Å². The number of unbranched alkanes of at least 4 members (excludes halogenated alkanes) is 1. The van der Waals surface area contributed by atoms with Crippen LogP contribution in [-0.4, -0.2) is 29.8 Å². The van der Waals surface area contributed by atoms with Gasteiger partial charge in [0.2, 0.25) is 0 Å². The van der Waals surface area contributed by atoms with E-state index < -0.39 is 0 Å². The van der Waals surface area contributed by atoms with Gasteiger partial charge in [-0.05, 0) is 19.3 Å². The maximum absolute atomic E-state index is 9.89. The third-order valence-corrected chi connectivity index (χ3v) is 3.06. The lowest BCUT2D eigenvalue weighted by Crippen LogP contribution is -2.45. The monoisotopic (exact) mass is 230 g/mol. The fraction of sp³-hybridized carbons (Fsp3) is 1.00. The van der Waals surface area contributed by atoms with Crippen molar-refractivity contribution in [2.24, 2.45) is 5.73 Å². The molecule has 0 heterocycles. The molecule has 0 rings (SSSR count). The Morgan fingerprint density at radius 3 is 2.31 bits per heavy atom. The number of aliphatic hydroxyl groups is 1. The molecular formula is C13H30N2O. The number of nitrogens with one attached hydrogen (secondary N) is 1. The highest BCUT2D eigenvalue weighted by molar-refractivity contribution is 4.76. The van der Waals surface area contributed by atoms with Gasteiger partial charge in [0.25, 0.3) is 0 Å². The molecule has 0 amide bonds. The van der Waals surface area contributed by atoms with E-state index in [-0.39, 0.29) is 18.2 Å². The zero-order valence-electron chi connectivity index (χ0n) is 11.2. The van der Waals surface area contributed by atoms with Crippen LogP contribution in [0, 0.1) is 0 Å². The molecule has 0 spiro atoms. The Bertz CT molecular complexity index is 153. The third-order valence-electron chi connectivity index (χ3n) is 3.06. The molecule has 0 aromatic heterocycles. The van der Waals surface area contributed by atoms with E-state index >= 15 is 0 Å². The molecule has 0 aliphatic rings. The Balaban J connectivity index is 3.76. The predicted octanol–water partition coefficient (Wildman–Crippen LogP) is 2.03. The van der Waals surface area contributed by atoms with Crippen LogP contribution in [0.15, 0.2) is 0 Å². The molecule has 16 heavy (non-hydrogen) atoms. The van der Waals surface area contributed by atoms with Gasteiger partial charge >= 0.3 is 0 Å². The van der Waals surface area contributed by atoms with Gasteiger partial charge in [-0.3, -0.25) is 0 Å². The van der Waals surface area contributed by atoms with Crippen molar-refractivity contribution < 1.29 is 5.11 Å². The van der Waals surface area contributed by atoms with E-state index in [2.05, 4.69) is 26.1 Å². The van der Waals surface area contributed by atoms with Gasteiger partial charge in [0, 0.05) is 18.6 Å².